The Morgan fingerprint density at radius 3 is 2.32 bits per heavy atom. The van der Waals surface area contributed by atoms with Gasteiger partial charge in [0.05, 0.1) is 18.3 Å². The molecule has 1 heterocycles. The number of imide groups is 1. The summed E-state index contributed by atoms with van der Waals surface area (Å²) in [6.07, 6.45) is 3.02. The molecule has 0 spiro atoms. The lowest BCUT2D eigenvalue weighted by molar-refractivity contribution is -0.148. The van der Waals surface area contributed by atoms with E-state index in [-0.39, 0.29) is 42.3 Å². The van der Waals surface area contributed by atoms with E-state index in [0.717, 1.165) is 29.9 Å². The van der Waals surface area contributed by atoms with E-state index in [4.69, 9.17) is 4.74 Å². The van der Waals surface area contributed by atoms with Gasteiger partial charge >= 0.3 is 5.97 Å². The highest BCUT2D eigenvalue weighted by Gasteiger charge is 2.47. The minimum Gasteiger partial charge on any atom is -0.456 e. The number of amides is 3. The number of likely N-dealkylation sites (tertiary alicyclic amines) is 1. The van der Waals surface area contributed by atoms with Gasteiger partial charge in [-0.3, -0.25) is 24.1 Å². The summed E-state index contributed by atoms with van der Waals surface area (Å²) in [7, 11) is 0. The van der Waals surface area contributed by atoms with Crippen LogP contribution in [0.15, 0.2) is 18.2 Å². The van der Waals surface area contributed by atoms with Crippen LogP contribution in [0.3, 0.4) is 0 Å². The maximum absolute atomic E-state index is 13.1. The monoisotopic (exact) mass is 394 g/mol. The van der Waals surface area contributed by atoms with Gasteiger partial charge < -0.3 is 10.1 Å². The Bertz CT molecular complexity index is 790. The highest BCUT2D eigenvalue weighted by molar-refractivity contribution is 6.05. The largest absolute Gasteiger partial charge is 0.456 e. The third kappa shape index (κ3) is 4.35. The number of carbonyl (C=O) groups is 4. The lowest BCUT2D eigenvalue weighted by atomic mass is 9.81. The maximum Gasteiger partial charge on any atom is 0.308 e. The van der Waals surface area contributed by atoms with E-state index in [2.05, 4.69) is 5.32 Å². The number of rotatable bonds is 6. The topological polar surface area (TPSA) is 92.8 Å². The van der Waals surface area contributed by atoms with E-state index in [0.29, 0.717) is 12.8 Å². The molecule has 1 aliphatic carbocycles. The number of esters is 1. The number of benzene rings is 1. The number of halogens is 2. The third-order valence-corrected chi connectivity index (χ3v) is 5.04. The fourth-order valence-corrected chi connectivity index (χ4v) is 3.64. The molecule has 0 radical (unpaired) electrons. The van der Waals surface area contributed by atoms with Gasteiger partial charge in [0.25, 0.3) is 5.91 Å². The van der Waals surface area contributed by atoms with Crippen LogP contribution in [0.5, 0.6) is 0 Å². The van der Waals surface area contributed by atoms with Crippen molar-refractivity contribution in [2.75, 3.05) is 18.5 Å². The summed E-state index contributed by atoms with van der Waals surface area (Å²) in [6, 6.07) is 2.83. The molecule has 1 aromatic rings. The Kier molecular flexibility index (Phi) is 6.01. The van der Waals surface area contributed by atoms with Gasteiger partial charge in [-0.2, -0.15) is 0 Å². The zero-order valence-electron chi connectivity index (χ0n) is 15.1. The Hall–Kier alpha value is -2.84. The van der Waals surface area contributed by atoms with Crippen molar-refractivity contribution in [2.24, 2.45) is 11.8 Å². The number of hydrogen-bond donors (Lipinski definition) is 1. The van der Waals surface area contributed by atoms with Crippen LogP contribution in [-0.4, -0.2) is 41.7 Å². The Morgan fingerprint density at radius 2 is 1.71 bits per heavy atom. The molecule has 1 N–H and O–H groups in total. The first-order valence-electron chi connectivity index (χ1n) is 9.12. The molecule has 1 saturated heterocycles. The van der Waals surface area contributed by atoms with Gasteiger partial charge in [0.1, 0.15) is 0 Å². The first kappa shape index (κ1) is 19.9. The van der Waals surface area contributed by atoms with Crippen LogP contribution in [0.1, 0.15) is 32.1 Å². The van der Waals surface area contributed by atoms with E-state index >= 15 is 0 Å². The second-order valence-electron chi connectivity index (χ2n) is 6.91. The van der Waals surface area contributed by atoms with Gasteiger partial charge in [0.15, 0.2) is 18.2 Å². The second kappa shape index (κ2) is 8.45. The number of hydrogen-bond acceptors (Lipinski definition) is 5. The number of carbonyl (C=O) groups excluding carboxylic acids is 4. The summed E-state index contributed by atoms with van der Waals surface area (Å²) in [4.78, 5) is 49.3. The molecule has 2 atom stereocenters. The number of nitrogens with one attached hydrogen (secondary N) is 1. The standard InChI is InChI=1S/C19H20F2N2O5/c20-14-6-5-11(9-15(14)21)22-16(24)10-28-17(25)7-8-23-18(26)12-3-1-2-4-13(12)19(23)27/h5-6,9,12-13H,1-4,7-8,10H2,(H,22,24)/t12-,13+. The maximum atomic E-state index is 13.1. The second-order valence-corrected chi connectivity index (χ2v) is 6.91. The number of ether oxygens (including phenoxy) is 1. The van der Waals surface area contributed by atoms with E-state index in [1.807, 2.05) is 0 Å². The molecule has 1 aliphatic heterocycles. The van der Waals surface area contributed by atoms with E-state index in [9.17, 15) is 28.0 Å². The molecule has 0 aromatic heterocycles. The highest BCUT2D eigenvalue weighted by Crippen LogP contribution is 2.37. The van der Waals surface area contributed by atoms with Crippen molar-refractivity contribution in [3.05, 3.63) is 29.8 Å². The molecule has 28 heavy (non-hydrogen) atoms. The Labute approximate surface area is 160 Å². The molecule has 3 rings (SSSR count). The molecule has 2 aliphatic rings. The number of anilines is 1. The molecule has 2 fully saturated rings. The minimum absolute atomic E-state index is 0.0239. The van der Waals surface area contributed by atoms with E-state index in [1.54, 1.807) is 0 Å². The SMILES string of the molecule is O=C(COC(=O)CCN1C(=O)[C@H]2CCCC[C@H]2C1=O)Nc1ccc(F)c(F)c1. The smallest absolute Gasteiger partial charge is 0.308 e. The zero-order valence-corrected chi connectivity index (χ0v) is 15.1. The van der Waals surface area contributed by atoms with Gasteiger partial charge in [-0.15, -0.1) is 0 Å². The highest BCUT2D eigenvalue weighted by atomic mass is 19.2. The molecule has 1 saturated carbocycles. The molecule has 0 unspecified atom stereocenters. The van der Waals surface area contributed by atoms with Crippen molar-refractivity contribution in [2.45, 2.75) is 32.1 Å². The summed E-state index contributed by atoms with van der Waals surface area (Å²) in [6.45, 7) is -0.695. The van der Waals surface area contributed by atoms with Crippen LogP contribution >= 0.6 is 0 Å². The fourth-order valence-electron chi connectivity index (χ4n) is 3.64. The fraction of sp³-hybridized carbons (Fsp3) is 0.474. The van der Waals surface area contributed by atoms with Crippen molar-refractivity contribution in [1.82, 2.24) is 4.90 Å². The normalized spacial score (nSPS) is 21.4. The first-order valence-corrected chi connectivity index (χ1v) is 9.12. The molecule has 0 bridgehead atoms. The summed E-state index contributed by atoms with van der Waals surface area (Å²) in [5, 5.41) is 2.27. The van der Waals surface area contributed by atoms with Crippen LogP contribution in [0.2, 0.25) is 0 Å². The summed E-state index contributed by atoms with van der Waals surface area (Å²) < 4.78 is 30.8. The van der Waals surface area contributed by atoms with Gasteiger partial charge in [-0.1, -0.05) is 12.8 Å². The van der Waals surface area contributed by atoms with E-state index < -0.39 is 30.1 Å². The molecular formula is C19H20F2N2O5. The quantitative estimate of drug-likeness (QED) is 0.589. The Balaban J connectivity index is 1.43. The molecule has 3 amide bonds. The average molecular weight is 394 g/mol. The predicted octanol–water partition coefficient (Wildman–Crippen LogP) is 2.01. The summed E-state index contributed by atoms with van der Waals surface area (Å²) in [5.41, 5.74) is 0.0239. The first-order chi connectivity index (χ1) is 13.4. The van der Waals surface area contributed by atoms with Gasteiger partial charge in [-0.25, -0.2) is 8.78 Å². The van der Waals surface area contributed by atoms with Crippen LogP contribution < -0.4 is 5.32 Å². The van der Waals surface area contributed by atoms with Crippen LogP contribution in [0.25, 0.3) is 0 Å². The minimum atomic E-state index is -1.12. The number of nitrogens with zero attached hydrogens (tertiary/aromatic N) is 1. The van der Waals surface area contributed by atoms with Gasteiger partial charge in [-0.05, 0) is 25.0 Å². The molecule has 150 valence electrons. The van der Waals surface area contributed by atoms with Crippen molar-refractivity contribution < 1.29 is 32.7 Å². The Morgan fingerprint density at radius 1 is 1.07 bits per heavy atom. The molecule has 9 heteroatoms. The summed E-state index contributed by atoms with van der Waals surface area (Å²) >= 11 is 0. The van der Waals surface area contributed by atoms with Gasteiger partial charge in [0, 0.05) is 18.3 Å². The van der Waals surface area contributed by atoms with Crippen molar-refractivity contribution in [3.8, 4) is 0 Å². The van der Waals surface area contributed by atoms with Crippen LogP contribution in [-0.2, 0) is 23.9 Å². The lowest BCUT2D eigenvalue weighted by Gasteiger charge is -2.19. The van der Waals surface area contributed by atoms with Crippen LogP contribution in [0, 0.1) is 23.5 Å². The lowest BCUT2D eigenvalue weighted by Crippen LogP contribution is -2.33. The zero-order chi connectivity index (χ0) is 20.3. The predicted molar refractivity (Wildman–Crippen MR) is 92.7 cm³/mol. The molecular weight excluding hydrogens is 374 g/mol. The van der Waals surface area contributed by atoms with Crippen molar-refractivity contribution in [1.29, 1.82) is 0 Å². The van der Waals surface area contributed by atoms with Crippen molar-refractivity contribution >= 4 is 29.4 Å². The average Bonchev–Trinajstić information content (AvgIpc) is 2.92. The van der Waals surface area contributed by atoms with Crippen molar-refractivity contribution in [3.63, 3.8) is 0 Å². The number of fused-ring (bicyclic) bond motifs is 1. The molecule has 1 aromatic carbocycles. The summed E-state index contributed by atoms with van der Waals surface area (Å²) in [5.74, 6) is -4.66. The third-order valence-electron chi connectivity index (χ3n) is 5.04. The molecule has 7 nitrogen and oxygen atoms in total. The van der Waals surface area contributed by atoms with Gasteiger partial charge in [0.2, 0.25) is 11.8 Å². The van der Waals surface area contributed by atoms with E-state index in [1.165, 1.54) is 6.07 Å². The van der Waals surface area contributed by atoms with Crippen LogP contribution in [0.4, 0.5) is 14.5 Å².